The fourth-order valence-corrected chi connectivity index (χ4v) is 4.28. The van der Waals surface area contributed by atoms with Crippen LogP contribution in [0.4, 0.5) is 10.6 Å². The molecule has 7 heteroatoms. The number of fused-ring (bicyclic) bond motifs is 1. The zero-order valence-electron chi connectivity index (χ0n) is 14.4. The van der Waals surface area contributed by atoms with Crippen molar-refractivity contribution >= 4 is 22.9 Å². The molecule has 134 valence electrons. The summed E-state index contributed by atoms with van der Waals surface area (Å²) in [6, 6.07) is 0.0946. The summed E-state index contributed by atoms with van der Waals surface area (Å²) in [5, 5.41) is 13.8. The topological polar surface area (TPSA) is 94.1 Å². The van der Waals surface area contributed by atoms with Crippen LogP contribution in [-0.4, -0.2) is 50.2 Å². The predicted octanol–water partition coefficient (Wildman–Crippen LogP) is 3.24. The maximum absolute atomic E-state index is 11.2. The normalized spacial score (nSPS) is 21.8. The Balaban J connectivity index is 1.56. The smallest absolute Gasteiger partial charge is 0.407 e. The van der Waals surface area contributed by atoms with Crippen molar-refractivity contribution in [3.05, 3.63) is 18.1 Å². The van der Waals surface area contributed by atoms with E-state index in [1.54, 1.807) is 6.33 Å². The highest BCUT2D eigenvalue weighted by atomic mass is 16.4. The van der Waals surface area contributed by atoms with Gasteiger partial charge in [0.2, 0.25) is 0 Å². The molecule has 1 aliphatic carbocycles. The molecule has 3 N–H and O–H groups in total. The lowest BCUT2D eigenvalue weighted by atomic mass is 9.98. The molecule has 1 saturated heterocycles. The van der Waals surface area contributed by atoms with Gasteiger partial charge in [0.05, 0.1) is 5.39 Å². The van der Waals surface area contributed by atoms with E-state index in [4.69, 9.17) is 0 Å². The van der Waals surface area contributed by atoms with E-state index in [1.165, 1.54) is 36.1 Å². The van der Waals surface area contributed by atoms with Gasteiger partial charge in [-0.2, -0.15) is 0 Å². The van der Waals surface area contributed by atoms with Crippen molar-refractivity contribution in [1.82, 2.24) is 19.9 Å². The summed E-state index contributed by atoms with van der Waals surface area (Å²) in [6.07, 6.45) is 11.0. The summed E-state index contributed by atoms with van der Waals surface area (Å²) in [4.78, 5) is 24.8. The van der Waals surface area contributed by atoms with Crippen LogP contribution in [-0.2, 0) is 6.42 Å². The Labute approximate surface area is 146 Å². The van der Waals surface area contributed by atoms with E-state index in [2.05, 4.69) is 26.5 Å². The molecule has 1 amide bonds. The Bertz CT molecular complexity index is 753. The van der Waals surface area contributed by atoms with Crippen LogP contribution in [0.15, 0.2) is 12.5 Å². The molecule has 1 atom stereocenters. The van der Waals surface area contributed by atoms with Crippen molar-refractivity contribution in [3.8, 4) is 0 Å². The summed E-state index contributed by atoms with van der Waals surface area (Å²) in [5.74, 6) is 1.58. The highest BCUT2D eigenvalue weighted by molar-refractivity contribution is 5.90. The average molecular weight is 343 g/mol. The van der Waals surface area contributed by atoms with Crippen molar-refractivity contribution in [1.29, 1.82) is 0 Å². The number of amides is 1. The highest BCUT2D eigenvalue weighted by Crippen LogP contribution is 2.32. The van der Waals surface area contributed by atoms with Crippen LogP contribution in [0.25, 0.3) is 11.0 Å². The van der Waals surface area contributed by atoms with Crippen LogP contribution in [0.5, 0.6) is 0 Å². The zero-order valence-corrected chi connectivity index (χ0v) is 14.4. The first-order valence-corrected chi connectivity index (χ1v) is 9.26. The van der Waals surface area contributed by atoms with E-state index in [-0.39, 0.29) is 6.04 Å². The number of carbonyl (C=O) groups is 1. The molecule has 2 fully saturated rings. The number of aromatic nitrogens is 3. The van der Waals surface area contributed by atoms with Gasteiger partial charge in [-0.25, -0.2) is 14.8 Å². The molecule has 7 nitrogen and oxygen atoms in total. The second kappa shape index (κ2) is 6.90. The van der Waals surface area contributed by atoms with E-state index in [9.17, 15) is 9.90 Å². The second-order valence-corrected chi connectivity index (χ2v) is 7.33. The molecule has 4 rings (SSSR count). The number of aromatic amines is 1. The van der Waals surface area contributed by atoms with Gasteiger partial charge in [-0.3, -0.25) is 0 Å². The zero-order chi connectivity index (χ0) is 17.2. The summed E-state index contributed by atoms with van der Waals surface area (Å²) < 4.78 is 0. The summed E-state index contributed by atoms with van der Waals surface area (Å²) in [7, 11) is 0. The van der Waals surface area contributed by atoms with Crippen molar-refractivity contribution in [2.75, 3.05) is 18.4 Å². The molecule has 2 aromatic heterocycles. The van der Waals surface area contributed by atoms with Crippen molar-refractivity contribution in [2.45, 2.75) is 51.0 Å². The average Bonchev–Trinajstić information content (AvgIpc) is 3.26. The highest BCUT2D eigenvalue weighted by Gasteiger charge is 2.25. The van der Waals surface area contributed by atoms with Crippen molar-refractivity contribution in [2.24, 2.45) is 5.92 Å². The summed E-state index contributed by atoms with van der Waals surface area (Å²) >= 11 is 0. The number of nitrogens with zero attached hydrogens (tertiary/aromatic N) is 3. The molecule has 0 unspecified atom stereocenters. The van der Waals surface area contributed by atoms with Gasteiger partial charge >= 0.3 is 6.09 Å². The van der Waals surface area contributed by atoms with Crippen LogP contribution >= 0.6 is 0 Å². The third-order valence-electron chi connectivity index (χ3n) is 5.57. The van der Waals surface area contributed by atoms with Crippen LogP contribution in [0.2, 0.25) is 0 Å². The third kappa shape index (κ3) is 3.41. The maximum atomic E-state index is 11.2. The number of rotatable bonds is 4. The van der Waals surface area contributed by atoms with Gasteiger partial charge < -0.3 is 20.3 Å². The predicted molar refractivity (Wildman–Crippen MR) is 95.8 cm³/mol. The molecule has 3 heterocycles. The standard InChI is InChI=1S/C18H25N5O2/c24-18(25)23-7-3-6-14(10-23)22-17-15-13(8-12-4-1-2-5-12)9-19-16(15)20-11-21-17/h9,11-12,14H,1-8,10H2,(H,24,25)(H2,19,20,21,22)/t14-/m1/s1. The minimum absolute atomic E-state index is 0.0946. The molecule has 25 heavy (non-hydrogen) atoms. The third-order valence-corrected chi connectivity index (χ3v) is 5.57. The van der Waals surface area contributed by atoms with Gasteiger partial charge in [0, 0.05) is 25.3 Å². The number of anilines is 1. The van der Waals surface area contributed by atoms with Gasteiger partial charge in [-0.05, 0) is 30.7 Å². The number of hydrogen-bond donors (Lipinski definition) is 3. The van der Waals surface area contributed by atoms with Crippen LogP contribution in [0.3, 0.4) is 0 Å². The molecule has 2 aromatic rings. The molecule has 1 saturated carbocycles. The van der Waals surface area contributed by atoms with Crippen molar-refractivity contribution < 1.29 is 9.90 Å². The van der Waals surface area contributed by atoms with E-state index < -0.39 is 6.09 Å². The first-order valence-electron chi connectivity index (χ1n) is 9.26. The number of H-pyrrole nitrogens is 1. The largest absolute Gasteiger partial charge is 0.465 e. The van der Waals surface area contributed by atoms with Gasteiger partial charge in [0.25, 0.3) is 0 Å². The number of likely N-dealkylation sites (tertiary alicyclic amines) is 1. The summed E-state index contributed by atoms with van der Waals surface area (Å²) in [5.41, 5.74) is 2.13. The molecule has 0 bridgehead atoms. The first-order chi connectivity index (χ1) is 12.2. The lowest BCUT2D eigenvalue weighted by molar-refractivity contribution is 0.133. The number of piperidine rings is 1. The Morgan fingerprint density at radius 3 is 2.92 bits per heavy atom. The maximum Gasteiger partial charge on any atom is 0.407 e. The lowest BCUT2D eigenvalue weighted by Gasteiger charge is -2.31. The minimum Gasteiger partial charge on any atom is -0.465 e. The van der Waals surface area contributed by atoms with E-state index in [1.807, 2.05) is 0 Å². The molecule has 0 spiro atoms. The Morgan fingerprint density at radius 1 is 1.28 bits per heavy atom. The number of carboxylic acid groups (broad SMARTS) is 1. The number of hydrogen-bond acceptors (Lipinski definition) is 4. The summed E-state index contributed by atoms with van der Waals surface area (Å²) in [6.45, 7) is 1.12. The quantitative estimate of drug-likeness (QED) is 0.792. The van der Waals surface area contributed by atoms with Crippen molar-refractivity contribution in [3.63, 3.8) is 0 Å². The first kappa shape index (κ1) is 16.2. The minimum atomic E-state index is -0.845. The van der Waals surface area contributed by atoms with Crippen LogP contribution in [0, 0.1) is 5.92 Å². The van der Waals surface area contributed by atoms with Gasteiger partial charge in [0.1, 0.15) is 17.8 Å². The molecule has 2 aliphatic rings. The molecule has 1 aliphatic heterocycles. The van der Waals surface area contributed by atoms with Gasteiger partial charge in [-0.1, -0.05) is 25.7 Å². The molecular formula is C18H25N5O2. The molecule has 0 aromatic carbocycles. The van der Waals surface area contributed by atoms with Gasteiger partial charge in [0.15, 0.2) is 0 Å². The van der Waals surface area contributed by atoms with Crippen LogP contribution in [0.1, 0.15) is 44.1 Å². The molecular weight excluding hydrogens is 318 g/mol. The Morgan fingerprint density at radius 2 is 2.12 bits per heavy atom. The second-order valence-electron chi connectivity index (χ2n) is 7.33. The van der Waals surface area contributed by atoms with E-state index in [0.29, 0.717) is 13.1 Å². The fraction of sp³-hybridized carbons (Fsp3) is 0.611. The molecule has 0 radical (unpaired) electrons. The Hall–Kier alpha value is -2.31. The fourth-order valence-electron chi connectivity index (χ4n) is 4.28. The van der Waals surface area contributed by atoms with Gasteiger partial charge in [-0.15, -0.1) is 0 Å². The Kier molecular flexibility index (Phi) is 4.46. The number of nitrogens with one attached hydrogen (secondary N) is 2. The lowest BCUT2D eigenvalue weighted by Crippen LogP contribution is -2.44. The van der Waals surface area contributed by atoms with E-state index in [0.717, 1.165) is 42.0 Å². The van der Waals surface area contributed by atoms with Crippen LogP contribution < -0.4 is 5.32 Å². The SMILES string of the molecule is O=C(O)N1CCC[C@@H](Nc2ncnc3[nH]cc(CC4CCCC4)c23)C1. The van der Waals surface area contributed by atoms with E-state index >= 15 is 0 Å². The monoisotopic (exact) mass is 343 g/mol.